The summed E-state index contributed by atoms with van der Waals surface area (Å²) in [4.78, 5) is 25.3. The third-order valence-electron chi connectivity index (χ3n) is 7.66. The first-order valence-electron chi connectivity index (χ1n) is 12.5. The van der Waals surface area contributed by atoms with Crippen LogP contribution >= 0.6 is 0 Å². The number of carboxylic acid groups (broad SMARTS) is 1. The van der Waals surface area contributed by atoms with Crippen LogP contribution in [-0.4, -0.2) is 42.5 Å². The molecule has 0 radical (unpaired) electrons. The van der Waals surface area contributed by atoms with Crippen LogP contribution in [0.15, 0.2) is 41.2 Å². The topological polar surface area (TPSA) is 106 Å². The lowest BCUT2D eigenvalue weighted by Crippen LogP contribution is -2.45. The number of hydrogen-bond acceptors (Lipinski definition) is 5. The summed E-state index contributed by atoms with van der Waals surface area (Å²) in [6, 6.07) is 8.81. The molecule has 206 valence electrons. The van der Waals surface area contributed by atoms with Gasteiger partial charge >= 0.3 is 11.7 Å². The number of rotatable bonds is 7. The third kappa shape index (κ3) is 5.63. The minimum atomic E-state index is -2.46. The van der Waals surface area contributed by atoms with Gasteiger partial charge in [0.15, 0.2) is 5.82 Å². The second-order valence-electron chi connectivity index (χ2n) is 12.5. The van der Waals surface area contributed by atoms with Crippen LogP contribution in [-0.2, 0) is 0 Å². The minimum absolute atomic E-state index is 0.0157. The highest BCUT2D eigenvalue weighted by molar-refractivity contribution is 6.75. The molecule has 38 heavy (non-hydrogen) atoms. The molecule has 0 spiro atoms. The molecule has 2 aromatic carbocycles. The maximum Gasteiger partial charge on any atom is 0.348 e. The van der Waals surface area contributed by atoms with Gasteiger partial charge in [-0.15, -0.1) is 0 Å². The fraction of sp³-hybridized carbons (Fsp3) is 0.444. The zero-order chi connectivity index (χ0) is 28.8. The molecule has 1 heterocycles. The zero-order valence-corrected chi connectivity index (χ0v) is 25.8. The lowest BCUT2D eigenvalue weighted by molar-refractivity contribution is 0.0694. The van der Waals surface area contributed by atoms with Gasteiger partial charge in [-0.3, -0.25) is 0 Å². The Bertz CT molecular complexity index is 1420. The summed E-state index contributed by atoms with van der Waals surface area (Å²) in [5.41, 5.74) is -0.529. The van der Waals surface area contributed by atoms with Gasteiger partial charge in [0.1, 0.15) is 22.9 Å². The van der Waals surface area contributed by atoms with Crippen molar-refractivity contribution in [1.29, 1.82) is 0 Å². The van der Waals surface area contributed by atoms with Gasteiger partial charge < -0.3 is 14.0 Å². The Kier molecular flexibility index (Phi) is 7.61. The van der Waals surface area contributed by atoms with Crippen molar-refractivity contribution < 1.29 is 23.1 Å². The van der Waals surface area contributed by atoms with Crippen molar-refractivity contribution >= 4 is 22.6 Å². The van der Waals surface area contributed by atoms with Crippen LogP contribution in [0, 0.1) is 5.82 Å². The van der Waals surface area contributed by atoms with Crippen molar-refractivity contribution in [1.82, 2.24) is 14.8 Å². The molecule has 11 heteroatoms. The van der Waals surface area contributed by atoms with E-state index in [9.17, 15) is 19.1 Å². The van der Waals surface area contributed by atoms with E-state index in [4.69, 9.17) is 8.85 Å². The molecular formula is C27H38FN3O5Si2. The third-order valence-corrected chi connectivity index (χ3v) is 16.3. The van der Waals surface area contributed by atoms with Crippen molar-refractivity contribution in [3.8, 4) is 28.6 Å². The number of halogens is 1. The minimum Gasteiger partial charge on any atom is -0.543 e. The number of carboxylic acids is 1. The highest BCUT2D eigenvalue weighted by atomic mass is 28.4. The summed E-state index contributed by atoms with van der Waals surface area (Å²) in [6.07, 6.45) is 0. The molecule has 3 rings (SSSR count). The van der Waals surface area contributed by atoms with E-state index < -0.39 is 34.1 Å². The predicted octanol–water partition coefficient (Wildman–Crippen LogP) is 6.83. The number of nitrogens with zero attached hydrogens (tertiary/aromatic N) is 2. The molecule has 0 aliphatic rings. The summed E-state index contributed by atoms with van der Waals surface area (Å²) in [7, 11) is -4.90. The molecule has 8 nitrogen and oxygen atoms in total. The van der Waals surface area contributed by atoms with E-state index in [1.165, 1.54) is 24.3 Å². The number of aromatic amines is 1. The molecule has 3 aromatic rings. The molecule has 0 aliphatic heterocycles. The summed E-state index contributed by atoms with van der Waals surface area (Å²) < 4.78 is 29.0. The summed E-state index contributed by atoms with van der Waals surface area (Å²) in [5, 5.41) is 16.3. The molecule has 0 saturated heterocycles. The van der Waals surface area contributed by atoms with Gasteiger partial charge in [-0.1, -0.05) is 53.7 Å². The van der Waals surface area contributed by atoms with Crippen LogP contribution in [0.5, 0.6) is 11.5 Å². The first-order valence-corrected chi connectivity index (χ1v) is 18.3. The van der Waals surface area contributed by atoms with Gasteiger partial charge in [-0.2, -0.15) is 5.10 Å². The summed E-state index contributed by atoms with van der Waals surface area (Å²) in [6.45, 7) is 20.6. The van der Waals surface area contributed by atoms with E-state index in [-0.39, 0.29) is 38.5 Å². The van der Waals surface area contributed by atoms with E-state index in [0.717, 1.165) is 4.57 Å². The highest BCUT2D eigenvalue weighted by Crippen LogP contribution is 2.44. The SMILES string of the molecule is CC(C)(C)[Si](C)(C)Oc1cc(O[Si](C)(C)C(C)(C)C)c(-c2n[nH]c(=O)n2-c2ccccc2F)cc1C(=O)O. The van der Waals surface area contributed by atoms with Crippen LogP contribution in [0.3, 0.4) is 0 Å². The Morgan fingerprint density at radius 3 is 1.97 bits per heavy atom. The molecule has 0 atom stereocenters. The Labute approximate surface area is 225 Å². The van der Waals surface area contributed by atoms with Gasteiger partial charge in [0.25, 0.3) is 16.6 Å². The van der Waals surface area contributed by atoms with Crippen molar-refractivity contribution in [2.45, 2.75) is 77.8 Å². The molecule has 1 aromatic heterocycles. The van der Waals surface area contributed by atoms with Crippen LogP contribution < -0.4 is 14.5 Å². The molecule has 2 N–H and O–H groups in total. The lowest BCUT2D eigenvalue weighted by Gasteiger charge is -2.38. The standard InChI is InChI=1S/C27H38FN3O5Si2/c1-26(2,3)37(7,8)35-21-16-22(36-38(9,10)27(4,5)6)18(24(32)33)15-17(21)23-29-30-25(34)31(23)20-14-12-11-13-19(20)28/h11-16H,1-10H3,(H,30,34)(H,32,33). The second-order valence-corrected chi connectivity index (χ2v) is 22.0. The molecule has 0 amide bonds. The van der Waals surface area contributed by atoms with E-state index >= 15 is 0 Å². The Morgan fingerprint density at radius 1 is 0.947 bits per heavy atom. The molecule has 0 unspecified atom stereocenters. The quantitative estimate of drug-likeness (QED) is 0.307. The second kappa shape index (κ2) is 9.84. The van der Waals surface area contributed by atoms with Gasteiger partial charge in [0, 0.05) is 6.07 Å². The fourth-order valence-electron chi connectivity index (χ4n) is 3.26. The normalized spacial score (nSPS) is 12.9. The van der Waals surface area contributed by atoms with Crippen molar-refractivity contribution in [3.63, 3.8) is 0 Å². The largest absolute Gasteiger partial charge is 0.543 e. The van der Waals surface area contributed by atoms with E-state index in [1.54, 1.807) is 12.1 Å². The maximum atomic E-state index is 14.8. The Hall–Kier alpha value is -3.19. The van der Waals surface area contributed by atoms with Gasteiger partial charge in [0.2, 0.25) is 0 Å². The summed E-state index contributed by atoms with van der Waals surface area (Å²) in [5.74, 6) is -1.27. The predicted molar refractivity (Wildman–Crippen MR) is 152 cm³/mol. The number of carbonyl (C=O) groups is 1. The van der Waals surface area contributed by atoms with Crippen LogP contribution in [0.25, 0.3) is 17.1 Å². The number of aromatic carboxylic acids is 1. The molecule has 0 saturated carbocycles. The van der Waals surface area contributed by atoms with Crippen LogP contribution in [0.4, 0.5) is 4.39 Å². The number of aromatic nitrogens is 3. The van der Waals surface area contributed by atoms with Gasteiger partial charge in [-0.05, 0) is 54.5 Å². The van der Waals surface area contributed by atoms with Crippen LogP contribution in [0.2, 0.25) is 36.3 Å². The van der Waals surface area contributed by atoms with Crippen molar-refractivity contribution in [2.75, 3.05) is 0 Å². The number of hydrogen-bond donors (Lipinski definition) is 2. The molecular weight excluding hydrogens is 521 g/mol. The Balaban J connectivity index is 2.37. The number of H-pyrrole nitrogens is 1. The fourth-order valence-corrected chi connectivity index (χ4v) is 5.31. The van der Waals surface area contributed by atoms with Gasteiger partial charge in [0.05, 0.1) is 11.3 Å². The smallest absolute Gasteiger partial charge is 0.348 e. The molecule has 0 fully saturated rings. The van der Waals surface area contributed by atoms with E-state index in [2.05, 4.69) is 64.8 Å². The molecule has 0 aliphatic carbocycles. The monoisotopic (exact) mass is 559 g/mol. The van der Waals surface area contributed by atoms with Gasteiger partial charge in [-0.25, -0.2) is 23.6 Å². The van der Waals surface area contributed by atoms with Crippen LogP contribution in [0.1, 0.15) is 51.9 Å². The average Bonchev–Trinajstić information content (AvgIpc) is 3.13. The molecule has 0 bridgehead atoms. The lowest BCUT2D eigenvalue weighted by atomic mass is 10.1. The summed E-state index contributed by atoms with van der Waals surface area (Å²) >= 11 is 0. The van der Waals surface area contributed by atoms with Crippen molar-refractivity contribution in [3.05, 3.63) is 58.3 Å². The van der Waals surface area contributed by atoms with E-state index in [1.807, 2.05) is 13.1 Å². The maximum absolute atomic E-state index is 14.8. The van der Waals surface area contributed by atoms with Crippen molar-refractivity contribution in [2.24, 2.45) is 0 Å². The average molecular weight is 560 g/mol. The first kappa shape index (κ1) is 29.4. The number of nitrogens with one attached hydrogen (secondary N) is 1. The Morgan fingerprint density at radius 2 is 1.47 bits per heavy atom. The highest BCUT2D eigenvalue weighted by Gasteiger charge is 2.42. The number of para-hydroxylation sites is 1. The van der Waals surface area contributed by atoms with E-state index in [0.29, 0.717) is 5.75 Å². The number of benzene rings is 2. The first-order chi connectivity index (χ1) is 17.3. The zero-order valence-electron chi connectivity index (χ0n) is 23.8.